The summed E-state index contributed by atoms with van der Waals surface area (Å²) in [5.41, 5.74) is -0.0260. The molecule has 1 heterocycles. The lowest BCUT2D eigenvalue weighted by Crippen LogP contribution is -2.49. The molecule has 1 fully saturated rings. The van der Waals surface area contributed by atoms with E-state index in [0.717, 1.165) is 0 Å². The fraction of sp³-hybridized carbons (Fsp3) is 0.909. The Labute approximate surface area is 81.1 Å². The smallest absolute Gasteiger partial charge is 0.223 e. The topological polar surface area (TPSA) is 29.1 Å². The van der Waals surface area contributed by atoms with E-state index in [0.29, 0.717) is 5.92 Å². The Kier molecular flexibility index (Phi) is 2.21. The van der Waals surface area contributed by atoms with Gasteiger partial charge >= 0.3 is 0 Å². The molecule has 1 aliphatic heterocycles. The maximum absolute atomic E-state index is 11.6. The van der Waals surface area contributed by atoms with Crippen molar-refractivity contribution in [3.05, 3.63) is 0 Å². The third-order valence-corrected chi connectivity index (χ3v) is 4.27. The molecule has 1 aliphatic rings. The summed E-state index contributed by atoms with van der Waals surface area (Å²) < 4.78 is 0. The van der Waals surface area contributed by atoms with Gasteiger partial charge in [0.2, 0.25) is 5.91 Å². The van der Waals surface area contributed by atoms with E-state index in [1.54, 1.807) is 0 Å². The maximum Gasteiger partial charge on any atom is 0.223 e. The van der Waals surface area contributed by atoms with Crippen molar-refractivity contribution in [2.45, 2.75) is 47.1 Å². The highest BCUT2D eigenvalue weighted by molar-refractivity contribution is 5.83. The quantitative estimate of drug-likeness (QED) is 0.663. The third-order valence-electron chi connectivity index (χ3n) is 4.27. The Morgan fingerprint density at radius 1 is 1.31 bits per heavy atom. The van der Waals surface area contributed by atoms with Crippen LogP contribution in [0.5, 0.6) is 0 Å². The van der Waals surface area contributed by atoms with Gasteiger partial charge in [0.15, 0.2) is 0 Å². The van der Waals surface area contributed by atoms with Crippen molar-refractivity contribution < 1.29 is 4.79 Å². The van der Waals surface area contributed by atoms with Crippen LogP contribution in [0.1, 0.15) is 41.5 Å². The van der Waals surface area contributed by atoms with Crippen LogP contribution in [0.3, 0.4) is 0 Å². The maximum atomic E-state index is 11.6. The summed E-state index contributed by atoms with van der Waals surface area (Å²) in [4.78, 5) is 11.6. The first-order valence-electron chi connectivity index (χ1n) is 5.05. The Balaban J connectivity index is 3.13. The van der Waals surface area contributed by atoms with Gasteiger partial charge in [-0.1, -0.05) is 27.7 Å². The molecular weight excluding hydrogens is 162 g/mol. The van der Waals surface area contributed by atoms with E-state index in [9.17, 15) is 4.79 Å². The molecule has 76 valence electrons. The SMILES string of the molecule is CC(C)C1(C)C(C)C(=O)NC1(C)C. The van der Waals surface area contributed by atoms with Crippen molar-refractivity contribution >= 4 is 5.91 Å². The third kappa shape index (κ3) is 1.18. The Hall–Kier alpha value is -0.530. The summed E-state index contributed by atoms with van der Waals surface area (Å²) in [5, 5.41) is 3.08. The van der Waals surface area contributed by atoms with E-state index in [-0.39, 0.29) is 22.8 Å². The van der Waals surface area contributed by atoms with Crippen molar-refractivity contribution in [2.24, 2.45) is 17.3 Å². The molecule has 2 nitrogen and oxygen atoms in total. The van der Waals surface area contributed by atoms with Crippen LogP contribution < -0.4 is 5.32 Å². The molecule has 0 bridgehead atoms. The highest BCUT2D eigenvalue weighted by Crippen LogP contribution is 2.48. The highest BCUT2D eigenvalue weighted by Gasteiger charge is 2.55. The summed E-state index contributed by atoms with van der Waals surface area (Å²) in [7, 11) is 0. The summed E-state index contributed by atoms with van der Waals surface area (Å²) >= 11 is 0. The van der Waals surface area contributed by atoms with Gasteiger partial charge in [0.1, 0.15) is 0 Å². The minimum absolute atomic E-state index is 0.0596. The van der Waals surface area contributed by atoms with Crippen molar-refractivity contribution in [3.8, 4) is 0 Å². The van der Waals surface area contributed by atoms with E-state index in [1.807, 2.05) is 6.92 Å². The molecule has 2 heteroatoms. The van der Waals surface area contributed by atoms with E-state index in [4.69, 9.17) is 0 Å². The second-order valence-corrected chi connectivity index (χ2v) is 5.27. The van der Waals surface area contributed by atoms with E-state index >= 15 is 0 Å². The van der Waals surface area contributed by atoms with Crippen molar-refractivity contribution in [1.29, 1.82) is 0 Å². The molecule has 0 saturated carbocycles. The molecule has 1 rings (SSSR count). The first-order valence-corrected chi connectivity index (χ1v) is 5.05. The molecule has 1 N–H and O–H groups in total. The molecular formula is C11H21NO. The molecule has 0 aromatic heterocycles. The van der Waals surface area contributed by atoms with Crippen LogP contribution in [-0.2, 0) is 4.79 Å². The van der Waals surface area contributed by atoms with Crippen LogP contribution >= 0.6 is 0 Å². The zero-order valence-electron chi connectivity index (χ0n) is 9.56. The molecule has 2 atom stereocenters. The molecule has 13 heavy (non-hydrogen) atoms. The Bertz CT molecular complexity index is 232. The summed E-state index contributed by atoms with van der Waals surface area (Å²) in [5.74, 6) is 0.820. The van der Waals surface area contributed by atoms with E-state index < -0.39 is 0 Å². The molecule has 0 radical (unpaired) electrons. The standard InChI is InChI=1S/C11H21NO/c1-7(2)11(6)8(3)9(13)12-10(11,4)5/h7-8H,1-6H3,(H,12,13). The van der Waals surface area contributed by atoms with Crippen LogP contribution in [0.25, 0.3) is 0 Å². The zero-order chi connectivity index (χ0) is 10.4. The van der Waals surface area contributed by atoms with E-state index in [2.05, 4.69) is 39.9 Å². The molecule has 2 unspecified atom stereocenters. The number of nitrogens with one attached hydrogen (secondary N) is 1. The Morgan fingerprint density at radius 3 is 1.92 bits per heavy atom. The molecule has 0 aromatic rings. The van der Waals surface area contributed by atoms with Gasteiger partial charge in [-0.25, -0.2) is 0 Å². The van der Waals surface area contributed by atoms with Crippen molar-refractivity contribution in [3.63, 3.8) is 0 Å². The van der Waals surface area contributed by atoms with Gasteiger partial charge in [0, 0.05) is 16.9 Å². The second-order valence-electron chi connectivity index (χ2n) is 5.27. The number of carbonyl (C=O) groups is 1. The molecule has 0 aliphatic carbocycles. The minimum atomic E-state index is -0.0856. The fourth-order valence-electron chi connectivity index (χ4n) is 2.59. The Morgan fingerprint density at radius 2 is 1.77 bits per heavy atom. The average Bonchev–Trinajstić information content (AvgIpc) is 2.12. The first kappa shape index (κ1) is 10.6. The van der Waals surface area contributed by atoms with E-state index in [1.165, 1.54) is 0 Å². The predicted octanol–water partition coefficient (Wildman–Crippen LogP) is 2.19. The minimum Gasteiger partial charge on any atom is -0.350 e. The number of rotatable bonds is 1. The fourth-order valence-corrected chi connectivity index (χ4v) is 2.59. The summed E-state index contributed by atoms with van der Waals surface area (Å²) in [6.45, 7) is 12.9. The van der Waals surface area contributed by atoms with Gasteiger partial charge in [0.05, 0.1) is 0 Å². The van der Waals surface area contributed by atoms with Crippen LogP contribution in [0.4, 0.5) is 0 Å². The number of amides is 1. The van der Waals surface area contributed by atoms with Gasteiger partial charge in [-0.3, -0.25) is 4.79 Å². The van der Waals surface area contributed by atoms with Gasteiger partial charge in [-0.05, 0) is 19.8 Å². The lowest BCUT2D eigenvalue weighted by molar-refractivity contribution is -0.123. The summed E-state index contributed by atoms with van der Waals surface area (Å²) in [6.07, 6.45) is 0. The zero-order valence-corrected chi connectivity index (χ0v) is 9.56. The highest BCUT2D eigenvalue weighted by atomic mass is 16.2. The van der Waals surface area contributed by atoms with Crippen LogP contribution in [0.15, 0.2) is 0 Å². The largest absolute Gasteiger partial charge is 0.350 e. The second kappa shape index (κ2) is 2.73. The van der Waals surface area contributed by atoms with Crippen molar-refractivity contribution in [1.82, 2.24) is 5.32 Å². The normalized spacial score (nSPS) is 38.1. The molecule has 1 saturated heterocycles. The van der Waals surface area contributed by atoms with Crippen LogP contribution in [-0.4, -0.2) is 11.4 Å². The van der Waals surface area contributed by atoms with Crippen LogP contribution in [0.2, 0.25) is 0 Å². The van der Waals surface area contributed by atoms with Crippen molar-refractivity contribution in [2.75, 3.05) is 0 Å². The van der Waals surface area contributed by atoms with Crippen LogP contribution in [0, 0.1) is 17.3 Å². The van der Waals surface area contributed by atoms with Gasteiger partial charge in [0.25, 0.3) is 0 Å². The predicted molar refractivity (Wildman–Crippen MR) is 54.3 cm³/mol. The summed E-state index contributed by atoms with van der Waals surface area (Å²) in [6, 6.07) is 0. The lowest BCUT2D eigenvalue weighted by Gasteiger charge is -2.43. The number of hydrogen-bond acceptors (Lipinski definition) is 1. The van der Waals surface area contributed by atoms with Gasteiger partial charge in [-0.15, -0.1) is 0 Å². The monoisotopic (exact) mass is 183 g/mol. The molecule has 0 spiro atoms. The lowest BCUT2D eigenvalue weighted by atomic mass is 9.62. The number of hydrogen-bond donors (Lipinski definition) is 1. The van der Waals surface area contributed by atoms with Gasteiger partial charge < -0.3 is 5.32 Å². The number of carbonyl (C=O) groups excluding carboxylic acids is 1. The molecule has 1 amide bonds. The first-order chi connectivity index (χ1) is 5.73. The van der Waals surface area contributed by atoms with Gasteiger partial charge in [-0.2, -0.15) is 0 Å². The average molecular weight is 183 g/mol. The molecule has 0 aromatic carbocycles.